The number of ether oxygens (including phenoxy) is 1. The Balaban J connectivity index is 1.79. The lowest BCUT2D eigenvalue weighted by Crippen LogP contribution is -2.53. The van der Waals surface area contributed by atoms with Crippen molar-refractivity contribution in [2.75, 3.05) is 25.5 Å². The van der Waals surface area contributed by atoms with Crippen molar-refractivity contribution in [3.8, 4) is 0 Å². The molecule has 266 valence electrons. The van der Waals surface area contributed by atoms with Crippen molar-refractivity contribution in [3.63, 3.8) is 0 Å². The van der Waals surface area contributed by atoms with Crippen LogP contribution in [0.4, 0.5) is 5.69 Å². The zero-order chi connectivity index (χ0) is 36.6. The summed E-state index contributed by atoms with van der Waals surface area (Å²) in [7, 11) is 1.16. The Hall–Kier alpha value is -5.29. The Morgan fingerprint density at radius 2 is 1.60 bits per heavy atom. The van der Waals surface area contributed by atoms with Crippen LogP contribution < -0.4 is 38.5 Å². The minimum absolute atomic E-state index is 0.00732. The van der Waals surface area contributed by atoms with Gasteiger partial charge in [0.25, 0.3) is 23.6 Å². The number of nitrogens with one attached hydrogen (secondary N) is 4. The molecule has 0 fully saturated rings. The highest BCUT2D eigenvalue weighted by Crippen LogP contribution is 2.23. The van der Waals surface area contributed by atoms with E-state index in [0.717, 1.165) is 17.9 Å². The third kappa shape index (κ3) is 12.0. The first kappa shape index (κ1) is 39.2. The first-order valence-corrected chi connectivity index (χ1v) is 16.0. The van der Waals surface area contributed by atoms with E-state index in [9.17, 15) is 28.9 Å². The number of ketones is 1. The van der Waals surface area contributed by atoms with Gasteiger partial charge < -0.3 is 37.9 Å². The van der Waals surface area contributed by atoms with E-state index in [2.05, 4.69) is 31.4 Å². The van der Waals surface area contributed by atoms with Gasteiger partial charge in [0.15, 0.2) is 0 Å². The molecule has 3 amide bonds. The van der Waals surface area contributed by atoms with Gasteiger partial charge in [-0.2, -0.15) is 0 Å². The number of esters is 1. The van der Waals surface area contributed by atoms with Crippen LogP contribution in [0.3, 0.4) is 0 Å². The minimum atomic E-state index is -1.30. The molecule has 17 heteroatoms. The van der Waals surface area contributed by atoms with Crippen LogP contribution in [0.15, 0.2) is 70.8 Å². The van der Waals surface area contributed by atoms with Crippen LogP contribution in [0, 0.1) is 4.91 Å². The molecule has 0 aromatic heterocycles. The molecule has 2 atom stereocenters. The first-order chi connectivity index (χ1) is 23.9. The number of nitroso groups, excluding NO2 is 1. The minimum Gasteiger partial charge on any atom is -0.467 e. The molecule has 16 nitrogen and oxygen atoms in total. The number of nitrogens with two attached hydrogens (primary N) is 3. The maximum absolute atomic E-state index is 13.5. The van der Waals surface area contributed by atoms with E-state index in [1.54, 1.807) is 18.2 Å². The number of Topliss-reactive ketones (excluding diaryl/α,β-unsaturated/α-hetero) is 1. The van der Waals surface area contributed by atoms with Crippen LogP contribution in [0.2, 0.25) is 5.02 Å². The summed E-state index contributed by atoms with van der Waals surface area (Å²) < 4.78 is 4.83. The van der Waals surface area contributed by atoms with Gasteiger partial charge in [-0.15, -0.1) is 4.91 Å². The molecule has 0 heterocycles. The number of anilines is 1. The number of benzene rings is 3. The van der Waals surface area contributed by atoms with E-state index < -0.39 is 53.8 Å². The maximum atomic E-state index is 13.5. The average molecular weight is 710 g/mol. The topological polar surface area (TPSA) is 263 Å². The number of rotatable bonds is 18. The Morgan fingerprint density at radius 1 is 0.880 bits per heavy atom. The zero-order valence-electron chi connectivity index (χ0n) is 27.3. The van der Waals surface area contributed by atoms with Gasteiger partial charge in [0, 0.05) is 22.3 Å². The van der Waals surface area contributed by atoms with Crippen molar-refractivity contribution in [1.82, 2.24) is 16.0 Å². The van der Waals surface area contributed by atoms with Gasteiger partial charge in [-0.25, -0.2) is 9.79 Å². The summed E-state index contributed by atoms with van der Waals surface area (Å²) in [5.74, 6) is -4.71. The van der Waals surface area contributed by atoms with Crippen LogP contribution in [0.5, 0.6) is 0 Å². The number of aliphatic imine (C=N–C) groups is 1. The van der Waals surface area contributed by atoms with Gasteiger partial charge >= 0.3 is 5.97 Å². The summed E-state index contributed by atoms with van der Waals surface area (Å²) in [5, 5.41) is 14.9. The third-order valence-electron chi connectivity index (χ3n) is 7.43. The lowest BCUT2D eigenvalue weighted by molar-refractivity contribution is -0.145. The van der Waals surface area contributed by atoms with Gasteiger partial charge in [0.1, 0.15) is 18.4 Å². The first-order valence-electron chi connectivity index (χ1n) is 15.6. The molecule has 3 aromatic carbocycles. The van der Waals surface area contributed by atoms with Crippen molar-refractivity contribution >= 4 is 63.5 Å². The molecule has 0 saturated carbocycles. The molecule has 0 bridgehead atoms. The van der Waals surface area contributed by atoms with Gasteiger partial charge in [-0.1, -0.05) is 41.9 Å². The van der Waals surface area contributed by atoms with Crippen molar-refractivity contribution < 1.29 is 28.7 Å². The highest BCUT2D eigenvalue weighted by atomic mass is 35.5. The summed E-state index contributed by atoms with van der Waals surface area (Å²) in [6.07, 6.45) is 0.392. The smallest absolute Gasteiger partial charge is 0.328 e. The summed E-state index contributed by atoms with van der Waals surface area (Å²) >= 11 is 6.17. The molecule has 3 rings (SSSR count). The normalized spacial score (nSPS) is 12.5. The standard InChI is InChI=1S/C33H40ClN9O7/c1-50-31(48)26(10-6-16-38-32(35)36)42-29(46)25(9-4-5-15-39-33(37)43-49)41-30(47)27(44)23-18-22(34)13-14-24(23)40-28(45)21-12-11-19-7-2-3-8-20(19)17-21/h2-3,7-8,11-14,17-18,25-26,32,38H,4-6,9-10,15-16,35-36H2,1H3,(H2,37,39)(H,40,45)(H,41,47)(H,42,46). The van der Waals surface area contributed by atoms with Crippen molar-refractivity contribution in [1.29, 1.82) is 0 Å². The van der Waals surface area contributed by atoms with E-state index >= 15 is 0 Å². The highest BCUT2D eigenvalue weighted by molar-refractivity contribution is 6.45. The van der Waals surface area contributed by atoms with E-state index in [4.69, 9.17) is 33.5 Å². The number of carbonyl (C=O) groups excluding carboxylic acids is 5. The third-order valence-corrected chi connectivity index (χ3v) is 7.67. The summed E-state index contributed by atoms with van der Waals surface area (Å²) in [6.45, 7) is 0.455. The summed E-state index contributed by atoms with van der Waals surface area (Å²) in [5.41, 5.74) is 16.4. The number of hydrogen-bond donors (Lipinski definition) is 7. The van der Waals surface area contributed by atoms with Gasteiger partial charge in [0.2, 0.25) is 5.91 Å². The van der Waals surface area contributed by atoms with Crippen molar-refractivity contribution in [3.05, 3.63) is 81.7 Å². The Bertz CT molecular complexity index is 1730. The number of carbonyl (C=O) groups is 5. The molecule has 0 aliphatic heterocycles. The van der Waals surface area contributed by atoms with Gasteiger partial charge in [-0.3, -0.25) is 24.5 Å². The van der Waals surface area contributed by atoms with Crippen molar-refractivity contribution in [2.24, 2.45) is 27.4 Å². The largest absolute Gasteiger partial charge is 0.467 e. The molecule has 2 unspecified atom stereocenters. The zero-order valence-corrected chi connectivity index (χ0v) is 28.1. The number of nitrogens with zero attached hydrogens (tertiary/aromatic N) is 2. The van der Waals surface area contributed by atoms with Gasteiger partial charge in [0.05, 0.1) is 18.4 Å². The highest BCUT2D eigenvalue weighted by Gasteiger charge is 2.30. The quantitative estimate of drug-likeness (QED) is 0.0147. The number of hydrogen-bond acceptors (Lipinski definition) is 11. The fourth-order valence-corrected chi connectivity index (χ4v) is 5.05. The monoisotopic (exact) mass is 709 g/mol. The molecule has 50 heavy (non-hydrogen) atoms. The molecule has 0 aliphatic rings. The number of guanidine groups is 1. The predicted octanol–water partition coefficient (Wildman–Crippen LogP) is 1.89. The van der Waals surface area contributed by atoms with Crippen LogP contribution in [0.1, 0.15) is 52.8 Å². The molecule has 0 saturated heterocycles. The second-order valence-corrected chi connectivity index (χ2v) is 11.5. The SMILES string of the molecule is COC(=O)C(CCCNC(N)N)NC(=O)C(CCCCN=C(N)N=O)NC(=O)C(=O)c1cc(Cl)ccc1NC(=O)c1ccc2ccccc2c1. The second kappa shape index (κ2) is 19.6. The van der Waals surface area contributed by atoms with Crippen LogP contribution in [-0.2, 0) is 19.1 Å². The number of amides is 3. The van der Waals surface area contributed by atoms with E-state index in [-0.39, 0.29) is 42.1 Å². The summed E-state index contributed by atoms with van der Waals surface area (Å²) in [6, 6.07) is 14.3. The lowest BCUT2D eigenvalue weighted by Gasteiger charge is -2.22. The lowest BCUT2D eigenvalue weighted by atomic mass is 10.0. The van der Waals surface area contributed by atoms with Crippen molar-refractivity contribution in [2.45, 2.75) is 50.5 Å². The number of unbranched alkanes of at least 4 members (excludes halogenated alkanes) is 1. The number of halogens is 1. The van der Waals surface area contributed by atoms with Gasteiger partial charge in [-0.05, 0) is 79.8 Å². The van der Waals surface area contributed by atoms with Crippen LogP contribution in [-0.4, -0.2) is 74.0 Å². The fourth-order valence-electron chi connectivity index (χ4n) is 4.87. The molecular weight excluding hydrogens is 670 g/mol. The number of fused-ring (bicyclic) bond motifs is 1. The molecule has 0 aliphatic carbocycles. The molecule has 10 N–H and O–H groups in total. The van der Waals surface area contributed by atoms with E-state index in [1.165, 1.54) is 18.2 Å². The molecule has 0 spiro atoms. The average Bonchev–Trinajstić information content (AvgIpc) is 3.11. The summed E-state index contributed by atoms with van der Waals surface area (Å²) in [4.78, 5) is 80.3. The Labute approximate surface area is 292 Å². The second-order valence-electron chi connectivity index (χ2n) is 11.1. The van der Waals surface area contributed by atoms with E-state index in [0.29, 0.717) is 24.9 Å². The van der Waals surface area contributed by atoms with Crippen LogP contribution >= 0.6 is 11.6 Å². The molecular formula is C33H40ClN9O7. The fraction of sp³-hybridized carbons (Fsp3) is 0.333. The van der Waals surface area contributed by atoms with E-state index in [1.807, 2.05) is 24.3 Å². The number of methoxy groups -OCH3 is 1. The Kier molecular flexibility index (Phi) is 15.4. The molecule has 0 radical (unpaired) electrons. The Morgan fingerprint density at radius 3 is 2.30 bits per heavy atom. The van der Waals surface area contributed by atoms with Crippen LogP contribution in [0.25, 0.3) is 10.8 Å². The predicted molar refractivity (Wildman–Crippen MR) is 189 cm³/mol. The maximum Gasteiger partial charge on any atom is 0.328 e. The molecule has 3 aromatic rings.